The van der Waals surface area contributed by atoms with Crippen molar-refractivity contribution in [3.63, 3.8) is 0 Å². The minimum absolute atomic E-state index is 0.290. The quantitative estimate of drug-likeness (QED) is 0.759. The van der Waals surface area contributed by atoms with Crippen LogP contribution in [0.3, 0.4) is 0 Å². The third kappa shape index (κ3) is 3.44. The van der Waals surface area contributed by atoms with Gasteiger partial charge in [-0.25, -0.2) is 4.98 Å². The normalized spacial score (nSPS) is 10.5. The Kier molecular flexibility index (Phi) is 4.74. The van der Waals surface area contributed by atoms with Crippen molar-refractivity contribution in [2.24, 2.45) is 0 Å². The first-order chi connectivity index (χ1) is 9.22. The summed E-state index contributed by atoms with van der Waals surface area (Å²) in [5, 5.41) is 0.290. The highest BCUT2D eigenvalue weighted by Crippen LogP contribution is 2.27. The maximum absolute atomic E-state index is 5.93. The first kappa shape index (κ1) is 13.8. The van der Waals surface area contributed by atoms with Gasteiger partial charge in [-0.3, -0.25) is 0 Å². The van der Waals surface area contributed by atoms with Gasteiger partial charge in [0.05, 0.1) is 0 Å². The standard InChI is InChI=1S/C15H18ClN3/c1-3-4-10-19(13-8-6-5-7-9-13)14-12(2)11-17-15(16)18-14/h5-9,11H,3-4,10H2,1-2H3. The van der Waals surface area contributed by atoms with E-state index in [1.165, 1.54) is 0 Å². The predicted octanol–water partition coefficient (Wildman–Crippen LogP) is 4.38. The van der Waals surface area contributed by atoms with Crippen molar-refractivity contribution in [2.45, 2.75) is 26.7 Å². The van der Waals surface area contributed by atoms with Crippen LogP contribution in [-0.4, -0.2) is 16.5 Å². The fourth-order valence-corrected chi connectivity index (χ4v) is 2.10. The van der Waals surface area contributed by atoms with Gasteiger partial charge in [0.25, 0.3) is 0 Å². The molecule has 0 unspecified atom stereocenters. The van der Waals surface area contributed by atoms with Gasteiger partial charge in [-0.15, -0.1) is 0 Å². The van der Waals surface area contributed by atoms with Crippen LogP contribution in [0.4, 0.5) is 11.5 Å². The molecule has 2 rings (SSSR count). The largest absolute Gasteiger partial charge is 0.326 e. The maximum atomic E-state index is 5.93. The minimum Gasteiger partial charge on any atom is -0.326 e. The van der Waals surface area contributed by atoms with E-state index in [-0.39, 0.29) is 5.28 Å². The molecule has 0 aliphatic heterocycles. The molecule has 0 fully saturated rings. The second kappa shape index (κ2) is 6.53. The van der Waals surface area contributed by atoms with Crippen molar-refractivity contribution in [3.05, 3.63) is 47.4 Å². The first-order valence-corrected chi connectivity index (χ1v) is 6.92. The Bertz CT molecular complexity index is 528. The van der Waals surface area contributed by atoms with Crippen molar-refractivity contribution in [1.82, 2.24) is 9.97 Å². The van der Waals surface area contributed by atoms with Gasteiger partial charge in [-0.1, -0.05) is 31.5 Å². The molecular weight excluding hydrogens is 258 g/mol. The molecular formula is C15H18ClN3. The SMILES string of the molecule is CCCCN(c1ccccc1)c1nc(Cl)ncc1C. The van der Waals surface area contributed by atoms with Crippen molar-refractivity contribution < 1.29 is 0 Å². The van der Waals surface area contributed by atoms with E-state index in [4.69, 9.17) is 11.6 Å². The Morgan fingerprint density at radius 3 is 2.63 bits per heavy atom. The minimum atomic E-state index is 0.290. The number of aromatic nitrogens is 2. The molecule has 0 bridgehead atoms. The number of hydrogen-bond acceptors (Lipinski definition) is 3. The first-order valence-electron chi connectivity index (χ1n) is 6.54. The maximum Gasteiger partial charge on any atom is 0.224 e. The Morgan fingerprint density at radius 1 is 1.21 bits per heavy atom. The molecule has 100 valence electrons. The number of rotatable bonds is 5. The summed E-state index contributed by atoms with van der Waals surface area (Å²) in [5.74, 6) is 0.889. The Hall–Kier alpha value is -1.61. The highest BCUT2D eigenvalue weighted by atomic mass is 35.5. The van der Waals surface area contributed by atoms with Crippen LogP contribution in [-0.2, 0) is 0 Å². The number of benzene rings is 1. The molecule has 0 saturated carbocycles. The lowest BCUT2D eigenvalue weighted by Crippen LogP contribution is -2.20. The lowest BCUT2D eigenvalue weighted by molar-refractivity contribution is 0.776. The van der Waals surface area contributed by atoms with Crippen molar-refractivity contribution in [2.75, 3.05) is 11.4 Å². The summed E-state index contributed by atoms with van der Waals surface area (Å²) in [6, 6.07) is 10.3. The van der Waals surface area contributed by atoms with Gasteiger partial charge in [0.15, 0.2) is 0 Å². The van der Waals surface area contributed by atoms with E-state index in [0.29, 0.717) is 0 Å². The van der Waals surface area contributed by atoms with E-state index in [1.807, 2.05) is 25.1 Å². The van der Waals surface area contributed by atoms with Gasteiger partial charge in [0.2, 0.25) is 5.28 Å². The Labute approximate surface area is 119 Å². The molecule has 0 spiro atoms. The molecule has 0 radical (unpaired) electrons. The van der Waals surface area contributed by atoms with Crippen LogP contribution in [0.25, 0.3) is 0 Å². The van der Waals surface area contributed by atoms with Gasteiger partial charge in [0, 0.05) is 24.0 Å². The van der Waals surface area contributed by atoms with Crippen LogP contribution >= 0.6 is 11.6 Å². The molecule has 3 nitrogen and oxygen atoms in total. The summed E-state index contributed by atoms with van der Waals surface area (Å²) >= 11 is 5.93. The Morgan fingerprint density at radius 2 is 1.95 bits per heavy atom. The molecule has 0 atom stereocenters. The number of aryl methyl sites for hydroxylation is 1. The topological polar surface area (TPSA) is 29.0 Å². The molecule has 0 N–H and O–H groups in total. The fraction of sp³-hybridized carbons (Fsp3) is 0.333. The number of nitrogens with zero attached hydrogens (tertiary/aromatic N) is 3. The van der Waals surface area contributed by atoms with Crippen molar-refractivity contribution in [1.29, 1.82) is 0 Å². The van der Waals surface area contributed by atoms with E-state index >= 15 is 0 Å². The average molecular weight is 276 g/mol. The average Bonchev–Trinajstić information content (AvgIpc) is 2.44. The van der Waals surface area contributed by atoms with Crippen LogP contribution in [0.1, 0.15) is 25.3 Å². The van der Waals surface area contributed by atoms with Crippen LogP contribution in [0.5, 0.6) is 0 Å². The van der Waals surface area contributed by atoms with Gasteiger partial charge < -0.3 is 4.90 Å². The molecule has 19 heavy (non-hydrogen) atoms. The van der Waals surface area contributed by atoms with Crippen LogP contribution in [0, 0.1) is 6.92 Å². The molecule has 4 heteroatoms. The van der Waals surface area contributed by atoms with Crippen LogP contribution < -0.4 is 4.90 Å². The van der Waals surface area contributed by atoms with Crippen LogP contribution in [0.15, 0.2) is 36.5 Å². The second-order valence-corrected chi connectivity index (χ2v) is 4.82. The zero-order valence-electron chi connectivity index (χ0n) is 11.3. The number of unbranched alkanes of at least 4 members (excludes halogenated alkanes) is 1. The third-order valence-corrected chi connectivity index (χ3v) is 3.16. The zero-order chi connectivity index (χ0) is 13.7. The number of halogens is 1. The lowest BCUT2D eigenvalue weighted by Gasteiger charge is -2.25. The monoisotopic (exact) mass is 275 g/mol. The van der Waals surface area contributed by atoms with Crippen molar-refractivity contribution in [3.8, 4) is 0 Å². The van der Waals surface area contributed by atoms with Gasteiger partial charge >= 0.3 is 0 Å². The lowest BCUT2D eigenvalue weighted by atomic mass is 10.2. The molecule has 2 aromatic rings. The summed E-state index contributed by atoms with van der Waals surface area (Å²) in [4.78, 5) is 10.6. The summed E-state index contributed by atoms with van der Waals surface area (Å²) in [5.41, 5.74) is 2.16. The van der Waals surface area contributed by atoms with Crippen LogP contribution in [0.2, 0.25) is 5.28 Å². The van der Waals surface area contributed by atoms with Gasteiger partial charge in [-0.05, 0) is 37.1 Å². The van der Waals surface area contributed by atoms with E-state index in [2.05, 4.69) is 33.9 Å². The highest BCUT2D eigenvalue weighted by Gasteiger charge is 2.13. The number of hydrogen-bond donors (Lipinski definition) is 0. The second-order valence-electron chi connectivity index (χ2n) is 4.49. The van der Waals surface area contributed by atoms with E-state index in [0.717, 1.165) is 36.5 Å². The number of para-hydroxylation sites is 1. The Balaban J connectivity index is 2.40. The molecule has 0 saturated heterocycles. The highest BCUT2D eigenvalue weighted by molar-refractivity contribution is 6.28. The van der Waals surface area contributed by atoms with Gasteiger partial charge in [-0.2, -0.15) is 4.98 Å². The third-order valence-electron chi connectivity index (χ3n) is 2.97. The molecule has 1 aromatic heterocycles. The summed E-state index contributed by atoms with van der Waals surface area (Å²) < 4.78 is 0. The van der Waals surface area contributed by atoms with E-state index in [9.17, 15) is 0 Å². The molecule has 1 aromatic carbocycles. The van der Waals surface area contributed by atoms with E-state index in [1.54, 1.807) is 6.20 Å². The number of anilines is 2. The smallest absolute Gasteiger partial charge is 0.224 e. The summed E-state index contributed by atoms with van der Waals surface area (Å²) in [7, 11) is 0. The molecule has 0 aliphatic carbocycles. The predicted molar refractivity (Wildman–Crippen MR) is 80.1 cm³/mol. The van der Waals surface area contributed by atoms with Crippen molar-refractivity contribution >= 4 is 23.1 Å². The molecule has 0 amide bonds. The molecule has 0 aliphatic rings. The molecule has 1 heterocycles. The summed E-state index contributed by atoms with van der Waals surface area (Å²) in [6.45, 7) is 5.12. The zero-order valence-corrected chi connectivity index (χ0v) is 12.1. The van der Waals surface area contributed by atoms with E-state index < -0.39 is 0 Å². The summed E-state index contributed by atoms with van der Waals surface area (Å²) in [6.07, 6.45) is 4.02. The van der Waals surface area contributed by atoms with Gasteiger partial charge in [0.1, 0.15) is 5.82 Å². The fourth-order valence-electron chi connectivity index (χ4n) is 1.97.